The second-order valence-electron chi connectivity index (χ2n) is 5.56. The summed E-state index contributed by atoms with van der Waals surface area (Å²) >= 11 is 5.48. The van der Waals surface area contributed by atoms with Gasteiger partial charge in [-0.3, -0.25) is 0 Å². The van der Waals surface area contributed by atoms with E-state index in [9.17, 15) is 0 Å². The first-order chi connectivity index (χ1) is 9.72. The SMILES string of the molecule is CN1CC(=S)Cc2c1ccc1cc3ccccc3cc21. The lowest BCUT2D eigenvalue weighted by molar-refractivity contribution is 1.01. The van der Waals surface area contributed by atoms with E-state index in [-0.39, 0.29) is 0 Å². The predicted molar refractivity (Wildman–Crippen MR) is 91.0 cm³/mol. The maximum Gasteiger partial charge on any atom is 0.0492 e. The van der Waals surface area contributed by atoms with Crippen molar-refractivity contribution in [2.24, 2.45) is 0 Å². The summed E-state index contributed by atoms with van der Waals surface area (Å²) in [7, 11) is 2.12. The van der Waals surface area contributed by atoms with Crippen LogP contribution >= 0.6 is 12.2 Å². The molecular weight excluding hydrogens is 262 g/mol. The van der Waals surface area contributed by atoms with Crippen LogP contribution in [-0.2, 0) is 6.42 Å². The molecular formula is C18H15NS. The molecule has 0 fully saturated rings. The molecule has 0 bridgehead atoms. The number of rotatable bonds is 0. The molecule has 2 heteroatoms. The molecule has 98 valence electrons. The number of benzene rings is 3. The van der Waals surface area contributed by atoms with Crippen LogP contribution in [0.3, 0.4) is 0 Å². The van der Waals surface area contributed by atoms with Crippen molar-refractivity contribution in [2.75, 3.05) is 18.5 Å². The van der Waals surface area contributed by atoms with Gasteiger partial charge in [0.05, 0.1) is 0 Å². The molecule has 0 saturated carbocycles. The molecule has 1 aliphatic rings. The third kappa shape index (κ3) is 1.72. The number of hydrogen-bond acceptors (Lipinski definition) is 2. The molecule has 1 heterocycles. The predicted octanol–water partition coefficient (Wildman–Crippen LogP) is 4.36. The molecule has 0 N–H and O–H groups in total. The second kappa shape index (κ2) is 4.29. The van der Waals surface area contributed by atoms with Gasteiger partial charge in [-0.2, -0.15) is 0 Å². The van der Waals surface area contributed by atoms with Crippen LogP contribution in [0.15, 0.2) is 48.5 Å². The third-order valence-electron chi connectivity index (χ3n) is 4.17. The van der Waals surface area contributed by atoms with Gasteiger partial charge in [0.25, 0.3) is 0 Å². The van der Waals surface area contributed by atoms with E-state index in [1.54, 1.807) is 0 Å². The molecule has 0 saturated heterocycles. The summed E-state index contributed by atoms with van der Waals surface area (Å²) in [4.78, 5) is 3.39. The average molecular weight is 277 g/mol. The largest absolute Gasteiger partial charge is 0.369 e. The van der Waals surface area contributed by atoms with Crippen LogP contribution in [0.4, 0.5) is 5.69 Å². The highest BCUT2D eigenvalue weighted by atomic mass is 32.1. The van der Waals surface area contributed by atoms with Crippen molar-refractivity contribution in [1.82, 2.24) is 0 Å². The van der Waals surface area contributed by atoms with Crippen LogP contribution in [0.2, 0.25) is 0 Å². The van der Waals surface area contributed by atoms with Crippen LogP contribution in [-0.4, -0.2) is 18.5 Å². The molecule has 0 atom stereocenters. The summed E-state index contributed by atoms with van der Waals surface area (Å²) in [5.41, 5.74) is 2.70. The summed E-state index contributed by atoms with van der Waals surface area (Å²) < 4.78 is 0. The molecule has 0 unspecified atom stereocenters. The topological polar surface area (TPSA) is 3.24 Å². The quantitative estimate of drug-likeness (QED) is 0.444. The van der Waals surface area contributed by atoms with E-state index in [0.717, 1.165) is 17.8 Å². The molecule has 20 heavy (non-hydrogen) atoms. The standard InChI is InChI=1S/C18H15NS/c1-19-11-15(20)10-17-16-9-13-5-3-2-4-12(13)8-14(16)6-7-18(17)19/h2-9H,10-11H2,1H3. The van der Waals surface area contributed by atoms with Gasteiger partial charge in [-0.15, -0.1) is 0 Å². The maximum absolute atomic E-state index is 5.48. The Kier molecular flexibility index (Phi) is 2.54. The summed E-state index contributed by atoms with van der Waals surface area (Å²) in [6, 6.07) is 17.6. The third-order valence-corrected chi connectivity index (χ3v) is 4.45. The zero-order chi connectivity index (χ0) is 13.7. The smallest absolute Gasteiger partial charge is 0.0492 e. The summed E-state index contributed by atoms with van der Waals surface area (Å²) in [5.74, 6) is 0. The number of anilines is 1. The summed E-state index contributed by atoms with van der Waals surface area (Å²) in [6.45, 7) is 0.890. The average Bonchev–Trinajstić information content (AvgIpc) is 2.45. The number of thiocarbonyl (C=S) groups is 1. The molecule has 3 aromatic carbocycles. The normalized spacial score (nSPS) is 14.8. The van der Waals surface area contributed by atoms with E-state index in [1.807, 2.05) is 0 Å². The van der Waals surface area contributed by atoms with Crippen LogP contribution in [0.1, 0.15) is 5.56 Å². The van der Waals surface area contributed by atoms with E-state index in [0.29, 0.717) is 0 Å². The molecule has 1 aliphatic heterocycles. The van der Waals surface area contributed by atoms with Crippen LogP contribution in [0, 0.1) is 0 Å². The van der Waals surface area contributed by atoms with E-state index >= 15 is 0 Å². The summed E-state index contributed by atoms with van der Waals surface area (Å²) in [6.07, 6.45) is 0.921. The van der Waals surface area contributed by atoms with Crippen molar-refractivity contribution < 1.29 is 0 Å². The molecule has 0 amide bonds. The van der Waals surface area contributed by atoms with Gasteiger partial charge in [0.2, 0.25) is 0 Å². The van der Waals surface area contributed by atoms with Crippen molar-refractivity contribution in [3.8, 4) is 0 Å². The Bertz CT molecular complexity index is 851. The van der Waals surface area contributed by atoms with Gasteiger partial charge in [-0.05, 0) is 45.3 Å². The zero-order valence-corrected chi connectivity index (χ0v) is 12.2. The molecule has 0 spiro atoms. The first-order valence-corrected chi connectivity index (χ1v) is 7.30. The van der Waals surface area contributed by atoms with Crippen molar-refractivity contribution in [1.29, 1.82) is 0 Å². The van der Waals surface area contributed by atoms with Gasteiger partial charge in [0.15, 0.2) is 0 Å². The highest BCUT2D eigenvalue weighted by Crippen LogP contribution is 2.34. The van der Waals surface area contributed by atoms with Gasteiger partial charge in [0.1, 0.15) is 0 Å². The van der Waals surface area contributed by atoms with Gasteiger partial charge in [-0.25, -0.2) is 0 Å². The molecule has 0 radical (unpaired) electrons. The first-order valence-electron chi connectivity index (χ1n) is 6.89. The van der Waals surface area contributed by atoms with E-state index in [4.69, 9.17) is 12.2 Å². The van der Waals surface area contributed by atoms with Crippen LogP contribution in [0.5, 0.6) is 0 Å². The number of hydrogen-bond donors (Lipinski definition) is 0. The number of nitrogens with zero attached hydrogens (tertiary/aromatic N) is 1. The van der Waals surface area contributed by atoms with Crippen molar-refractivity contribution in [2.45, 2.75) is 6.42 Å². The van der Waals surface area contributed by atoms with Crippen molar-refractivity contribution in [3.63, 3.8) is 0 Å². The monoisotopic (exact) mass is 277 g/mol. The van der Waals surface area contributed by atoms with Crippen molar-refractivity contribution in [3.05, 3.63) is 54.1 Å². The molecule has 1 nitrogen and oxygen atoms in total. The van der Waals surface area contributed by atoms with E-state index in [2.05, 4.69) is 60.5 Å². The first kappa shape index (κ1) is 11.9. The molecule has 3 aromatic rings. The number of fused-ring (bicyclic) bond motifs is 4. The highest BCUT2D eigenvalue weighted by molar-refractivity contribution is 7.80. The molecule has 0 aliphatic carbocycles. The minimum atomic E-state index is 0.890. The second-order valence-corrected chi connectivity index (χ2v) is 6.13. The molecule has 0 aromatic heterocycles. The van der Waals surface area contributed by atoms with Gasteiger partial charge in [0, 0.05) is 30.6 Å². The minimum Gasteiger partial charge on any atom is -0.369 e. The fraction of sp³-hybridized carbons (Fsp3) is 0.167. The lowest BCUT2D eigenvalue weighted by Crippen LogP contribution is -2.31. The Balaban J connectivity index is 2.09. The minimum absolute atomic E-state index is 0.890. The van der Waals surface area contributed by atoms with E-state index in [1.165, 1.54) is 32.8 Å². The summed E-state index contributed by atoms with van der Waals surface area (Å²) in [5, 5.41) is 5.25. The Morgan fingerprint density at radius 2 is 1.70 bits per heavy atom. The van der Waals surface area contributed by atoms with Gasteiger partial charge >= 0.3 is 0 Å². The Hall–Kier alpha value is -1.93. The highest BCUT2D eigenvalue weighted by Gasteiger charge is 2.19. The van der Waals surface area contributed by atoms with Gasteiger partial charge < -0.3 is 4.90 Å². The lowest BCUT2D eigenvalue weighted by Gasteiger charge is -2.29. The lowest BCUT2D eigenvalue weighted by atomic mass is 9.93. The van der Waals surface area contributed by atoms with Crippen LogP contribution in [0.25, 0.3) is 21.5 Å². The zero-order valence-electron chi connectivity index (χ0n) is 11.4. The Morgan fingerprint density at radius 1 is 0.950 bits per heavy atom. The Morgan fingerprint density at radius 3 is 2.50 bits per heavy atom. The van der Waals surface area contributed by atoms with Crippen molar-refractivity contribution >= 4 is 44.3 Å². The fourth-order valence-electron chi connectivity index (χ4n) is 3.21. The maximum atomic E-state index is 5.48. The fourth-order valence-corrected chi connectivity index (χ4v) is 3.55. The Labute approximate surface area is 123 Å². The van der Waals surface area contributed by atoms with E-state index < -0.39 is 0 Å². The van der Waals surface area contributed by atoms with Crippen LogP contribution < -0.4 is 4.90 Å². The van der Waals surface area contributed by atoms with Gasteiger partial charge in [-0.1, -0.05) is 42.5 Å². The molecule has 4 rings (SSSR count).